The van der Waals surface area contributed by atoms with Crippen molar-refractivity contribution >= 4 is 45.9 Å². The smallest absolute Gasteiger partial charge is 0.213 e. The molecule has 0 saturated carbocycles. The van der Waals surface area contributed by atoms with Gasteiger partial charge in [-0.15, -0.1) is 24.0 Å². The molecule has 0 atom stereocenters. The van der Waals surface area contributed by atoms with E-state index in [1.54, 1.807) is 18.3 Å². The van der Waals surface area contributed by atoms with E-state index in [1.165, 1.54) is 6.07 Å². The highest BCUT2D eigenvalue weighted by molar-refractivity contribution is 14.0. The lowest BCUT2D eigenvalue weighted by Gasteiger charge is -2.13. The van der Waals surface area contributed by atoms with Crippen LogP contribution in [0.2, 0.25) is 0 Å². The number of guanidine groups is 1. The van der Waals surface area contributed by atoms with E-state index in [2.05, 4.69) is 57.3 Å². The van der Waals surface area contributed by atoms with Crippen LogP contribution in [0.5, 0.6) is 0 Å². The van der Waals surface area contributed by atoms with Crippen LogP contribution >= 0.6 is 39.9 Å². The summed E-state index contributed by atoms with van der Waals surface area (Å²) < 4.78 is 20.3. The van der Waals surface area contributed by atoms with Crippen molar-refractivity contribution in [2.45, 2.75) is 46.2 Å². The average molecular weight is 539 g/mol. The lowest BCUT2D eigenvalue weighted by atomic mass is 9.94. The summed E-state index contributed by atoms with van der Waals surface area (Å²) >= 11 is 3.25. The van der Waals surface area contributed by atoms with Gasteiger partial charge in [-0.1, -0.05) is 42.8 Å². The number of hydrogen-bond acceptors (Lipinski definition) is 3. The molecule has 2 rings (SSSR count). The fourth-order valence-corrected chi connectivity index (χ4v) is 2.39. The summed E-state index contributed by atoms with van der Waals surface area (Å²) in [6, 6.07) is 4.96. The Morgan fingerprint density at radius 1 is 1.31 bits per heavy atom. The molecule has 0 unspecified atom stereocenters. The quantitative estimate of drug-likeness (QED) is 0.328. The molecule has 8 heteroatoms. The largest absolute Gasteiger partial charge is 0.443 e. The molecule has 0 saturated heterocycles. The zero-order valence-corrected chi connectivity index (χ0v) is 19.3. The first-order valence-corrected chi connectivity index (χ1v) is 9.00. The Morgan fingerprint density at radius 3 is 2.62 bits per heavy atom. The lowest BCUT2D eigenvalue weighted by molar-refractivity contribution is 0.379. The van der Waals surface area contributed by atoms with E-state index < -0.39 is 0 Å². The van der Waals surface area contributed by atoms with Crippen LogP contribution in [0, 0.1) is 5.82 Å². The van der Waals surface area contributed by atoms with Gasteiger partial charge >= 0.3 is 0 Å². The van der Waals surface area contributed by atoms with E-state index in [9.17, 15) is 4.39 Å². The number of nitrogens with one attached hydrogen (secondary N) is 2. The zero-order chi connectivity index (χ0) is 18.4. The van der Waals surface area contributed by atoms with Gasteiger partial charge in [0.15, 0.2) is 5.96 Å². The fourth-order valence-electron chi connectivity index (χ4n) is 2.05. The van der Waals surface area contributed by atoms with Gasteiger partial charge in [-0.2, -0.15) is 0 Å². The Hall–Kier alpha value is -1.16. The van der Waals surface area contributed by atoms with Crippen molar-refractivity contribution in [1.29, 1.82) is 0 Å². The molecule has 0 fully saturated rings. The van der Waals surface area contributed by atoms with Gasteiger partial charge in [0.2, 0.25) is 5.89 Å². The third kappa shape index (κ3) is 6.86. The van der Waals surface area contributed by atoms with Gasteiger partial charge in [0.05, 0.1) is 19.3 Å². The molecule has 0 aliphatic heterocycles. The van der Waals surface area contributed by atoms with Crippen molar-refractivity contribution in [3.8, 4) is 0 Å². The number of benzene rings is 1. The zero-order valence-electron chi connectivity index (χ0n) is 15.4. The molecule has 0 radical (unpaired) electrons. The van der Waals surface area contributed by atoms with Crippen LogP contribution in [0.15, 0.2) is 38.3 Å². The average Bonchev–Trinajstić information content (AvgIpc) is 3.00. The van der Waals surface area contributed by atoms with E-state index in [1.807, 2.05) is 6.92 Å². The molecule has 2 aromatic rings. The first-order valence-electron chi connectivity index (χ1n) is 8.21. The molecule has 1 aromatic heterocycles. The van der Waals surface area contributed by atoms with Crippen molar-refractivity contribution < 1.29 is 8.81 Å². The third-order valence-electron chi connectivity index (χ3n) is 3.47. The maximum Gasteiger partial charge on any atom is 0.213 e. The highest BCUT2D eigenvalue weighted by atomic mass is 127. The summed E-state index contributed by atoms with van der Waals surface area (Å²) in [7, 11) is 0. The Morgan fingerprint density at radius 2 is 2.04 bits per heavy atom. The van der Waals surface area contributed by atoms with E-state index >= 15 is 0 Å². The minimum absolute atomic E-state index is 0. The minimum atomic E-state index is -0.281. The lowest BCUT2D eigenvalue weighted by Crippen LogP contribution is -2.36. The number of rotatable bonds is 5. The van der Waals surface area contributed by atoms with Crippen molar-refractivity contribution in [2.75, 3.05) is 6.54 Å². The van der Waals surface area contributed by atoms with Crippen molar-refractivity contribution in [1.82, 2.24) is 15.6 Å². The first kappa shape index (κ1) is 22.9. The predicted molar refractivity (Wildman–Crippen MR) is 116 cm³/mol. The molecular weight excluding hydrogens is 514 g/mol. The van der Waals surface area contributed by atoms with Gasteiger partial charge in [-0.25, -0.2) is 14.4 Å². The molecule has 1 heterocycles. The van der Waals surface area contributed by atoms with Gasteiger partial charge in [-0.3, -0.25) is 0 Å². The van der Waals surface area contributed by atoms with E-state index in [0.717, 1.165) is 5.76 Å². The summed E-state index contributed by atoms with van der Waals surface area (Å²) in [6.07, 6.45) is 1.75. The summed E-state index contributed by atoms with van der Waals surface area (Å²) in [5, 5.41) is 6.28. The second-order valence-corrected chi connectivity index (χ2v) is 7.57. The molecule has 144 valence electrons. The molecule has 0 aliphatic carbocycles. The molecule has 26 heavy (non-hydrogen) atoms. The summed E-state index contributed by atoms with van der Waals surface area (Å²) in [5.74, 6) is 1.73. The number of nitrogens with zero attached hydrogens (tertiary/aromatic N) is 2. The Bertz CT molecular complexity index is 743. The molecule has 0 spiro atoms. The van der Waals surface area contributed by atoms with E-state index in [4.69, 9.17) is 4.42 Å². The SMILES string of the molecule is CCNC(=NCc1ccc(Br)cc1F)NCc1ncc(C(C)(C)C)o1.I. The summed E-state index contributed by atoms with van der Waals surface area (Å²) in [5.41, 5.74) is 0.453. The minimum Gasteiger partial charge on any atom is -0.443 e. The van der Waals surface area contributed by atoms with Crippen LogP contribution in [0.1, 0.15) is 44.9 Å². The molecule has 0 amide bonds. The van der Waals surface area contributed by atoms with E-state index in [-0.39, 0.29) is 41.8 Å². The maximum atomic E-state index is 13.9. The maximum absolute atomic E-state index is 13.9. The molecule has 1 aromatic carbocycles. The first-order chi connectivity index (χ1) is 11.8. The van der Waals surface area contributed by atoms with Gasteiger partial charge in [0.25, 0.3) is 0 Å². The van der Waals surface area contributed by atoms with Crippen molar-refractivity contribution in [2.24, 2.45) is 4.99 Å². The summed E-state index contributed by atoms with van der Waals surface area (Å²) in [4.78, 5) is 8.69. The molecule has 0 bridgehead atoms. The highest BCUT2D eigenvalue weighted by Crippen LogP contribution is 2.22. The monoisotopic (exact) mass is 538 g/mol. The molecule has 2 N–H and O–H groups in total. The number of oxazole rings is 1. The Labute approximate surface area is 179 Å². The van der Waals surface area contributed by atoms with Gasteiger partial charge < -0.3 is 15.1 Å². The predicted octanol–water partition coefficient (Wildman–Crippen LogP) is 4.75. The van der Waals surface area contributed by atoms with Gasteiger partial charge in [0.1, 0.15) is 11.6 Å². The second-order valence-electron chi connectivity index (χ2n) is 6.65. The van der Waals surface area contributed by atoms with Crippen LogP contribution in [-0.2, 0) is 18.5 Å². The van der Waals surface area contributed by atoms with E-state index in [0.29, 0.717) is 35.0 Å². The number of hydrogen-bond donors (Lipinski definition) is 2. The van der Waals surface area contributed by atoms with Gasteiger partial charge in [-0.05, 0) is 19.1 Å². The summed E-state index contributed by atoms with van der Waals surface area (Å²) in [6.45, 7) is 9.54. The Balaban J connectivity index is 0.00000338. The standard InChI is InChI=1S/C18H24BrFN4O.HI/c1-5-21-17(23-9-12-6-7-13(19)8-14(12)20)24-11-16-22-10-15(25-16)18(2,3)4;/h6-8,10H,5,9,11H2,1-4H3,(H2,21,23,24);1H. The Kier molecular flexibility index (Phi) is 9.02. The third-order valence-corrected chi connectivity index (χ3v) is 3.96. The molecular formula is C18H25BrFIN4O. The molecule has 0 aliphatic rings. The topological polar surface area (TPSA) is 62.5 Å². The highest BCUT2D eigenvalue weighted by Gasteiger charge is 2.19. The fraction of sp³-hybridized carbons (Fsp3) is 0.444. The number of aromatic nitrogens is 1. The van der Waals surface area contributed by atoms with Crippen LogP contribution in [0.4, 0.5) is 4.39 Å². The second kappa shape index (κ2) is 10.2. The van der Waals surface area contributed by atoms with Crippen LogP contribution in [0.25, 0.3) is 0 Å². The van der Waals surface area contributed by atoms with Crippen LogP contribution in [-0.4, -0.2) is 17.5 Å². The van der Waals surface area contributed by atoms with Crippen molar-refractivity contribution in [3.63, 3.8) is 0 Å². The van der Waals surface area contributed by atoms with Crippen LogP contribution in [0.3, 0.4) is 0 Å². The molecule has 5 nitrogen and oxygen atoms in total. The number of aliphatic imine (C=N–C) groups is 1. The van der Waals surface area contributed by atoms with Crippen LogP contribution < -0.4 is 10.6 Å². The van der Waals surface area contributed by atoms with Crippen molar-refractivity contribution in [3.05, 3.63) is 51.9 Å². The van der Waals surface area contributed by atoms with Gasteiger partial charge in [0, 0.05) is 22.0 Å². The normalized spacial score (nSPS) is 11.8. The number of halogens is 3.